The summed E-state index contributed by atoms with van der Waals surface area (Å²) in [5.41, 5.74) is 7.17. The number of rotatable bonds is 4. The van der Waals surface area contributed by atoms with Gasteiger partial charge in [-0.15, -0.1) is 0 Å². The first kappa shape index (κ1) is 17.6. The van der Waals surface area contributed by atoms with E-state index in [1.807, 2.05) is 31.2 Å². The Hall–Kier alpha value is -3.19. The lowest BCUT2D eigenvalue weighted by atomic mass is 10.1. The highest BCUT2D eigenvalue weighted by atomic mass is 35.5. The predicted octanol–water partition coefficient (Wildman–Crippen LogP) is 4.04. The molecule has 0 radical (unpaired) electrons. The Kier molecular flexibility index (Phi) is 4.73. The number of nitro groups is 1. The second-order valence-electron chi connectivity index (χ2n) is 5.62. The lowest BCUT2D eigenvalue weighted by Crippen LogP contribution is -2.08. The molecule has 8 heteroatoms. The highest BCUT2D eigenvalue weighted by Gasteiger charge is 2.18. The summed E-state index contributed by atoms with van der Waals surface area (Å²) in [4.78, 5) is 26.9. The van der Waals surface area contributed by atoms with Crippen molar-refractivity contribution in [2.24, 2.45) is 0 Å². The first-order valence-electron chi connectivity index (χ1n) is 7.63. The van der Waals surface area contributed by atoms with Crippen LogP contribution in [0.2, 0.25) is 5.02 Å². The standard InChI is InChI=1S/C18H14ClN3O4/c1-10-12-4-2-3-5-14(12)21-15(17(10)19)9-26-18(23)11-6-7-13(20)16(8-11)22(24)25/h2-8H,9,20H2,1H3. The molecule has 2 N–H and O–H groups in total. The van der Waals surface area contributed by atoms with Gasteiger partial charge in [-0.1, -0.05) is 29.8 Å². The maximum atomic E-state index is 12.2. The van der Waals surface area contributed by atoms with Crippen LogP contribution in [0, 0.1) is 17.0 Å². The summed E-state index contributed by atoms with van der Waals surface area (Å²) in [5.74, 6) is -0.725. The minimum absolute atomic E-state index is 0.0265. The third kappa shape index (κ3) is 3.29. The van der Waals surface area contributed by atoms with Gasteiger partial charge in [-0.25, -0.2) is 9.78 Å². The van der Waals surface area contributed by atoms with E-state index in [-0.39, 0.29) is 23.5 Å². The number of halogens is 1. The van der Waals surface area contributed by atoms with E-state index >= 15 is 0 Å². The van der Waals surface area contributed by atoms with E-state index in [4.69, 9.17) is 22.1 Å². The van der Waals surface area contributed by atoms with Gasteiger partial charge in [0.1, 0.15) is 12.3 Å². The van der Waals surface area contributed by atoms with E-state index in [0.717, 1.165) is 22.5 Å². The lowest BCUT2D eigenvalue weighted by Gasteiger charge is -2.10. The average Bonchev–Trinajstić information content (AvgIpc) is 2.63. The number of nitrogens with zero attached hydrogens (tertiary/aromatic N) is 2. The summed E-state index contributed by atoms with van der Waals surface area (Å²) in [7, 11) is 0. The van der Waals surface area contributed by atoms with Crippen molar-refractivity contribution in [2.45, 2.75) is 13.5 Å². The summed E-state index contributed by atoms with van der Waals surface area (Å²) < 4.78 is 5.22. The number of esters is 1. The zero-order valence-electron chi connectivity index (χ0n) is 13.7. The number of hydrogen-bond acceptors (Lipinski definition) is 6. The van der Waals surface area contributed by atoms with Crippen LogP contribution in [0.25, 0.3) is 10.9 Å². The number of aryl methyl sites for hydroxylation is 1. The monoisotopic (exact) mass is 371 g/mol. The molecule has 0 amide bonds. The number of aromatic nitrogens is 1. The molecule has 3 rings (SSSR count). The topological polar surface area (TPSA) is 108 Å². The summed E-state index contributed by atoms with van der Waals surface area (Å²) in [6.45, 7) is 1.71. The van der Waals surface area contributed by atoms with Crippen LogP contribution < -0.4 is 5.73 Å². The number of hydrogen-bond donors (Lipinski definition) is 1. The minimum atomic E-state index is -0.725. The number of ether oxygens (including phenoxy) is 1. The number of nitrogen functional groups attached to an aromatic ring is 1. The molecule has 3 aromatic rings. The number of carbonyl (C=O) groups is 1. The second-order valence-corrected chi connectivity index (χ2v) is 6.00. The Bertz CT molecular complexity index is 1040. The van der Waals surface area contributed by atoms with Crippen LogP contribution >= 0.6 is 11.6 Å². The zero-order valence-corrected chi connectivity index (χ0v) is 14.5. The van der Waals surface area contributed by atoms with Crippen LogP contribution in [-0.2, 0) is 11.3 Å². The Morgan fingerprint density at radius 3 is 2.77 bits per heavy atom. The molecule has 0 saturated carbocycles. The first-order chi connectivity index (χ1) is 12.4. The van der Waals surface area contributed by atoms with E-state index in [2.05, 4.69) is 4.98 Å². The molecule has 0 bridgehead atoms. The zero-order chi connectivity index (χ0) is 18.8. The second kappa shape index (κ2) is 6.97. The molecule has 7 nitrogen and oxygen atoms in total. The van der Waals surface area contributed by atoms with Gasteiger partial charge in [0.15, 0.2) is 0 Å². The van der Waals surface area contributed by atoms with Gasteiger partial charge in [-0.3, -0.25) is 10.1 Å². The quantitative estimate of drug-likeness (QED) is 0.321. The van der Waals surface area contributed by atoms with Gasteiger partial charge in [0, 0.05) is 11.5 Å². The number of anilines is 1. The Labute approximate surface area is 153 Å². The Morgan fingerprint density at radius 2 is 2.04 bits per heavy atom. The normalized spacial score (nSPS) is 10.7. The largest absolute Gasteiger partial charge is 0.456 e. The van der Waals surface area contributed by atoms with E-state index < -0.39 is 10.9 Å². The molecule has 0 atom stereocenters. The number of carbonyl (C=O) groups excluding carboxylic acids is 1. The van der Waals surface area contributed by atoms with Crippen LogP contribution in [0.15, 0.2) is 42.5 Å². The maximum Gasteiger partial charge on any atom is 0.338 e. The molecule has 0 fully saturated rings. The van der Waals surface area contributed by atoms with Gasteiger partial charge in [0.2, 0.25) is 0 Å². The molecule has 132 valence electrons. The molecular formula is C18H14ClN3O4. The molecule has 0 unspecified atom stereocenters. The average molecular weight is 372 g/mol. The fourth-order valence-electron chi connectivity index (χ4n) is 2.56. The third-order valence-electron chi connectivity index (χ3n) is 3.95. The van der Waals surface area contributed by atoms with Crippen LogP contribution in [0.4, 0.5) is 11.4 Å². The molecule has 26 heavy (non-hydrogen) atoms. The summed E-state index contributed by atoms with van der Waals surface area (Å²) >= 11 is 6.33. The minimum Gasteiger partial charge on any atom is -0.456 e. The van der Waals surface area contributed by atoms with Crippen molar-refractivity contribution in [1.82, 2.24) is 4.98 Å². The van der Waals surface area contributed by atoms with Crippen LogP contribution in [0.5, 0.6) is 0 Å². The molecule has 0 aliphatic rings. The van der Waals surface area contributed by atoms with Gasteiger partial charge < -0.3 is 10.5 Å². The van der Waals surface area contributed by atoms with Crippen molar-refractivity contribution in [2.75, 3.05) is 5.73 Å². The molecule has 0 aliphatic heterocycles. The molecular weight excluding hydrogens is 358 g/mol. The number of nitrogens with two attached hydrogens (primary N) is 1. The fraction of sp³-hybridized carbons (Fsp3) is 0.111. The Balaban J connectivity index is 1.84. The SMILES string of the molecule is Cc1c(Cl)c(COC(=O)c2ccc(N)c([N+](=O)[O-])c2)nc2ccccc12. The van der Waals surface area contributed by atoms with E-state index in [0.29, 0.717) is 10.7 Å². The van der Waals surface area contributed by atoms with Crippen molar-refractivity contribution in [1.29, 1.82) is 0 Å². The lowest BCUT2D eigenvalue weighted by molar-refractivity contribution is -0.383. The number of para-hydroxylation sites is 1. The van der Waals surface area contributed by atoms with E-state index in [1.165, 1.54) is 12.1 Å². The Morgan fingerprint density at radius 1 is 1.31 bits per heavy atom. The third-order valence-corrected chi connectivity index (χ3v) is 4.45. The van der Waals surface area contributed by atoms with Gasteiger partial charge in [0.05, 0.1) is 26.7 Å². The summed E-state index contributed by atoms with van der Waals surface area (Å²) in [5, 5.41) is 12.3. The maximum absolute atomic E-state index is 12.2. The van der Waals surface area contributed by atoms with Crippen LogP contribution in [-0.4, -0.2) is 15.9 Å². The van der Waals surface area contributed by atoms with Crippen molar-refractivity contribution in [3.63, 3.8) is 0 Å². The summed E-state index contributed by atoms with van der Waals surface area (Å²) in [6, 6.07) is 11.2. The molecule has 1 aromatic heterocycles. The van der Waals surface area contributed by atoms with E-state index in [9.17, 15) is 14.9 Å². The van der Waals surface area contributed by atoms with Crippen molar-refractivity contribution < 1.29 is 14.5 Å². The van der Waals surface area contributed by atoms with Crippen molar-refractivity contribution in [3.05, 3.63) is 74.4 Å². The number of pyridine rings is 1. The van der Waals surface area contributed by atoms with Crippen LogP contribution in [0.1, 0.15) is 21.6 Å². The van der Waals surface area contributed by atoms with Gasteiger partial charge >= 0.3 is 5.97 Å². The summed E-state index contributed by atoms with van der Waals surface area (Å²) in [6.07, 6.45) is 0. The highest BCUT2D eigenvalue weighted by Crippen LogP contribution is 2.28. The van der Waals surface area contributed by atoms with Crippen molar-refractivity contribution in [3.8, 4) is 0 Å². The molecule has 2 aromatic carbocycles. The molecule has 0 saturated heterocycles. The van der Waals surface area contributed by atoms with E-state index in [1.54, 1.807) is 0 Å². The molecule has 0 spiro atoms. The predicted molar refractivity (Wildman–Crippen MR) is 98.1 cm³/mol. The number of benzene rings is 2. The number of nitro benzene ring substituents is 1. The van der Waals surface area contributed by atoms with Crippen molar-refractivity contribution >= 4 is 39.8 Å². The smallest absolute Gasteiger partial charge is 0.338 e. The fourth-order valence-corrected chi connectivity index (χ4v) is 2.76. The molecule has 1 heterocycles. The van der Waals surface area contributed by atoms with Gasteiger partial charge in [-0.05, 0) is 30.7 Å². The van der Waals surface area contributed by atoms with Crippen LogP contribution in [0.3, 0.4) is 0 Å². The number of fused-ring (bicyclic) bond motifs is 1. The molecule has 0 aliphatic carbocycles. The van der Waals surface area contributed by atoms with Gasteiger partial charge in [-0.2, -0.15) is 0 Å². The van der Waals surface area contributed by atoms with Gasteiger partial charge in [0.25, 0.3) is 5.69 Å². The highest BCUT2D eigenvalue weighted by molar-refractivity contribution is 6.32. The first-order valence-corrected chi connectivity index (χ1v) is 8.01.